The van der Waals surface area contributed by atoms with Gasteiger partial charge in [-0.15, -0.1) is 0 Å². The van der Waals surface area contributed by atoms with E-state index in [1.54, 1.807) is 41.8 Å². The van der Waals surface area contributed by atoms with E-state index in [2.05, 4.69) is 15.6 Å². The minimum Gasteiger partial charge on any atom is -0.353 e. The second kappa shape index (κ2) is 9.77. The van der Waals surface area contributed by atoms with Gasteiger partial charge >= 0.3 is 0 Å². The molecule has 4 rings (SSSR count). The Morgan fingerprint density at radius 1 is 1.03 bits per heavy atom. The Kier molecular flexibility index (Phi) is 6.63. The van der Waals surface area contributed by atoms with E-state index in [1.807, 2.05) is 18.2 Å². The summed E-state index contributed by atoms with van der Waals surface area (Å²) in [5.74, 6) is 0.309. The van der Waals surface area contributed by atoms with E-state index in [9.17, 15) is 14.4 Å². The van der Waals surface area contributed by atoms with Gasteiger partial charge in [0.1, 0.15) is 5.82 Å². The molecule has 0 unspecified atom stereocenters. The van der Waals surface area contributed by atoms with Crippen molar-refractivity contribution in [1.82, 2.24) is 20.2 Å². The predicted molar refractivity (Wildman–Crippen MR) is 124 cm³/mol. The fourth-order valence-corrected chi connectivity index (χ4v) is 4.25. The highest BCUT2D eigenvalue weighted by Gasteiger charge is 2.16. The van der Waals surface area contributed by atoms with Gasteiger partial charge in [0.2, 0.25) is 5.91 Å². The van der Waals surface area contributed by atoms with Gasteiger partial charge < -0.3 is 10.6 Å². The second-order valence-electron chi connectivity index (χ2n) is 8.27. The van der Waals surface area contributed by atoms with Crippen LogP contribution in [0.2, 0.25) is 0 Å². The lowest BCUT2D eigenvalue weighted by Crippen LogP contribution is -2.38. The summed E-state index contributed by atoms with van der Waals surface area (Å²) in [4.78, 5) is 42.0. The van der Waals surface area contributed by atoms with E-state index in [4.69, 9.17) is 0 Å². The highest BCUT2D eigenvalue weighted by Crippen LogP contribution is 2.17. The molecule has 0 radical (unpaired) electrons. The van der Waals surface area contributed by atoms with Crippen molar-refractivity contribution in [1.29, 1.82) is 0 Å². The normalized spacial score (nSPS) is 14.3. The lowest BCUT2D eigenvalue weighted by atomic mass is 9.95. The third-order valence-corrected chi connectivity index (χ3v) is 5.94. The van der Waals surface area contributed by atoms with Gasteiger partial charge in [-0.25, -0.2) is 4.98 Å². The summed E-state index contributed by atoms with van der Waals surface area (Å²) in [5, 5.41) is 6.39. The van der Waals surface area contributed by atoms with Crippen molar-refractivity contribution < 1.29 is 9.59 Å². The quantitative estimate of drug-likeness (QED) is 0.625. The zero-order chi connectivity index (χ0) is 22.5. The minimum atomic E-state index is -0.247. The van der Waals surface area contributed by atoms with Gasteiger partial charge in [-0.2, -0.15) is 0 Å². The Labute approximate surface area is 186 Å². The van der Waals surface area contributed by atoms with Gasteiger partial charge in [-0.3, -0.25) is 19.0 Å². The third kappa shape index (κ3) is 4.88. The maximum atomic E-state index is 12.9. The first-order valence-corrected chi connectivity index (χ1v) is 11.2. The summed E-state index contributed by atoms with van der Waals surface area (Å²) < 4.78 is 1.54. The Bertz CT molecular complexity index is 1180. The summed E-state index contributed by atoms with van der Waals surface area (Å²) in [6.45, 7) is 2.07. The van der Waals surface area contributed by atoms with Gasteiger partial charge in [-0.1, -0.05) is 31.4 Å². The van der Waals surface area contributed by atoms with Crippen molar-refractivity contribution in [3.8, 4) is 5.69 Å². The molecule has 0 bridgehead atoms. The molecule has 7 heteroatoms. The van der Waals surface area contributed by atoms with Gasteiger partial charge in [-0.05, 0) is 56.2 Å². The number of fused-ring (bicyclic) bond motifs is 1. The number of nitrogens with one attached hydrogen (secondary N) is 2. The highest BCUT2D eigenvalue weighted by atomic mass is 16.2. The Balaban J connectivity index is 1.37. The number of aromatic nitrogens is 2. The van der Waals surface area contributed by atoms with Crippen LogP contribution in [0.1, 0.15) is 54.7 Å². The van der Waals surface area contributed by atoms with E-state index in [1.165, 1.54) is 19.3 Å². The van der Waals surface area contributed by atoms with Crippen LogP contribution in [0.5, 0.6) is 0 Å². The Morgan fingerprint density at radius 3 is 2.50 bits per heavy atom. The number of para-hydroxylation sites is 1. The number of carbonyl (C=O) groups excluding carboxylic acids is 2. The monoisotopic (exact) mass is 432 g/mol. The molecule has 166 valence electrons. The van der Waals surface area contributed by atoms with Gasteiger partial charge in [0.05, 0.1) is 16.6 Å². The molecule has 2 aromatic carbocycles. The first kappa shape index (κ1) is 21.7. The lowest BCUT2D eigenvalue weighted by Gasteiger charge is -2.22. The number of nitrogens with zero attached hydrogens (tertiary/aromatic N) is 2. The second-order valence-corrected chi connectivity index (χ2v) is 8.27. The number of hydrogen-bond donors (Lipinski definition) is 2. The average Bonchev–Trinajstić information content (AvgIpc) is 2.80. The Hall–Kier alpha value is -3.48. The Morgan fingerprint density at radius 2 is 1.75 bits per heavy atom. The van der Waals surface area contributed by atoms with Crippen LogP contribution in [0, 0.1) is 6.92 Å². The standard InChI is InChI=1S/C25H28N4O3/c1-17-27-22-10-6-5-9-21(22)25(32)29(17)20-13-11-18(12-14-20)24(31)26-16-15-23(30)28-19-7-3-2-4-8-19/h5-6,9-14,19H,2-4,7-8,15-16H2,1H3,(H,26,31)(H,28,30). The van der Waals surface area contributed by atoms with Crippen LogP contribution in [0.4, 0.5) is 0 Å². The van der Waals surface area contributed by atoms with Crippen LogP contribution < -0.4 is 16.2 Å². The molecule has 1 fully saturated rings. The maximum absolute atomic E-state index is 12.9. The lowest BCUT2D eigenvalue weighted by molar-refractivity contribution is -0.121. The van der Waals surface area contributed by atoms with Crippen molar-refractivity contribution in [2.45, 2.75) is 51.5 Å². The van der Waals surface area contributed by atoms with Crippen molar-refractivity contribution >= 4 is 22.7 Å². The topological polar surface area (TPSA) is 93.1 Å². The molecule has 0 saturated heterocycles. The van der Waals surface area contributed by atoms with E-state index in [0.29, 0.717) is 28.0 Å². The first-order chi connectivity index (χ1) is 15.5. The molecule has 0 aliphatic heterocycles. The predicted octanol–water partition coefficient (Wildman–Crippen LogP) is 3.26. The summed E-state index contributed by atoms with van der Waals surface area (Å²) in [6, 6.07) is 14.3. The van der Waals surface area contributed by atoms with Crippen molar-refractivity contribution in [3.05, 3.63) is 70.3 Å². The molecular weight excluding hydrogens is 404 g/mol. The van der Waals surface area contributed by atoms with Crippen LogP contribution in [-0.2, 0) is 4.79 Å². The zero-order valence-electron chi connectivity index (χ0n) is 18.3. The third-order valence-electron chi connectivity index (χ3n) is 5.94. The van der Waals surface area contributed by atoms with E-state index in [0.717, 1.165) is 12.8 Å². The number of rotatable bonds is 6. The molecule has 1 aromatic heterocycles. The molecule has 32 heavy (non-hydrogen) atoms. The largest absolute Gasteiger partial charge is 0.353 e. The highest BCUT2D eigenvalue weighted by molar-refractivity contribution is 5.94. The number of hydrogen-bond acceptors (Lipinski definition) is 4. The van der Waals surface area contributed by atoms with Crippen LogP contribution in [0.15, 0.2) is 53.3 Å². The fourth-order valence-electron chi connectivity index (χ4n) is 4.25. The van der Waals surface area contributed by atoms with E-state index < -0.39 is 0 Å². The van der Waals surface area contributed by atoms with Crippen molar-refractivity contribution in [2.75, 3.05) is 6.54 Å². The molecule has 1 saturated carbocycles. The smallest absolute Gasteiger partial charge is 0.265 e. The van der Waals surface area contributed by atoms with Gasteiger partial charge in [0.25, 0.3) is 11.5 Å². The summed E-state index contributed by atoms with van der Waals surface area (Å²) in [5.41, 5.74) is 1.64. The van der Waals surface area contributed by atoms with E-state index in [-0.39, 0.29) is 36.4 Å². The minimum absolute atomic E-state index is 0.0220. The summed E-state index contributed by atoms with van der Waals surface area (Å²) in [6.07, 6.45) is 5.92. The van der Waals surface area contributed by atoms with Crippen LogP contribution in [-0.4, -0.2) is 34.0 Å². The number of amides is 2. The van der Waals surface area contributed by atoms with Gasteiger partial charge in [0, 0.05) is 24.6 Å². The molecule has 0 spiro atoms. The molecule has 2 N–H and O–H groups in total. The van der Waals surface area contributed by atoms with Crippen molar-refractivity contribution in [2.24, 2.45) is 0 Å². The number of benzene rings is 2. The number of aryl methyl sites for hydroxylation is 1. The molecule has 7 nitrogen and oxygen atoms in total. The van der Waals surface area contributed by atoms with Crippen LogP contribution in [0.25, 0.3) is 16.6 Å². The SMILES string of the molecule is Cc1nc2ccccc2c(=O)n1-c1ccc(C(=O)NCCC(=O)NC2CCCCC2)cc1. The average molecular weight is 433 g/mol. The molecule has 1 heterocycles. The maximum Gasteiger partial charge on any atom is 0.265 e. The molecule has 0 atom stereocenters. The van der Waals surface area contributed by atoms with E-state index >= 15 is 0 Å². The molecular formula is C25H28N4O3. The summed E-state index contributed by atoms with van der Waals surface area (Å²) in [7, 11) is 0. The molecule has 3 aromatic rings. The molecule has 1 aliphatic carbocycles. The van der Waals surface area contributed by atoms with Gasteiger partial charge in [0.15, 0.2) is 0 Å². The fraction of sp³-hybridized carbons (Fsp3) is 0.360. The van der Waals surface area contributed by atoms with Crippen molar-refractivity contribution in [3.63, 3.8) is 0 Å². The summed E-state index contributed by atoms with van der Waals surface area (Å²) >= 11 is 0. The first-order valence-electron chi connectivity index (χ1n) is 11.2. The number of carbonyl (C=O) groups is 2. The van der Waals surface area contributed by atoms with Crippen LogP contribution in [0.3, 0.4) is 0 Å². The van der Waals surface area contributed by atoms with Crippen LogP contribution >= 0.6 is 0 Å². The molecule has 1 aliphatic rings. The zero-order valence-corrected chi connectivity index (χ0v) is 18.3. The molecule has 2 amide bonds.